The first-order valence-corrected chi connectivity index (χ1v) is 10.6. The Morgan fingerprint density at radius 3 is 2.93 bits per heavy atom. The number of fused-ring (bicyclic) bond motifs is 1. The molecule has 3 nitrogen and oxygen atoms in total. The molecule has 0 aromatic heterocycles. The summed E-state index contributed by atoms with van der Waals surface area (Å²) in [5.41, 5.74) is 0. The van der Waals surface area contributed by atoms with Crippen molar-refractivity contribution in [3.05, 3.63) is 0 Å². The normalized spacial score (nSPS) is 58.4. The molecule has 2 radical (unpaired) electrons. The van der Waals surface area contributed by atoms with Gasteiger partial charge in [-0.25, -0.2) is 0 Å². The Balaban J connectivity index is 2.23. The van der Waals surface area contributed by atoms with Crippen LogP contribution < -0.4 is 0 Å². The fraction of sp³-hybridized carbons (Fsp3) is 1.00. The van der Waals surface area contributed by atoms with E-state index in [9.17, 15) is 0 Å². The SMILES string of the molecule is [B][C@@H]1O[C@@H]2CO[P@@](C)(=[W])O[C@H]2[C@@]1(C)Cl. The summed E-state index contributed by atoms with van der Waals surface area (Å²) in [7, 11) is 5.79. The maximum absolute atomic E-state index is 6.32. The van der Waals surface area contributed by atoms with E-state index in [0.717, 1.165) is 0 Å². The zero-order valence-corrected chi connectivity index (χ0v) is 12.6. The molecular weight excluding hydrogens is 393 g/mol. The van der Waals surface area contributed by atoms with Gasteiger partial charge in [0.05, 0.1) is 0 Å². The molecule has 0 aliphatic carbocycles. The summed E-state index contributed by atoms with van der Waals surface area (Å²) >= 11 is 7.65. The summed E-state index contributed by atoms with van der Waals surface area (Å²) in [4.78, 5) is -0.634. The summed E-state index contributed by atoms with van der Waals surface area (Å²) in [6.45, 7) is 4.42. The van der Waals surface area contributed by atoms with Crippen molar-refractivity contribution in [3.8, 4) is 0 Å². The Morgan fingerprint density at radius 2 is 2.29 bits per heavy atom. The Morgan fingerprint density at radius 1 is 1.64 bits per heavy atom. The van der Waals surface area contributed by atoms with Crippen molar-refractivity contribution in [1.82, 2.24) is 0 Å². The molecule has 7 heteroatoms. The predicted molar refractivity (Wildman–Crippen MR) is 52.3 cm³/mol. The van der Waals surface area contributed by atoms with Crippen molar-refractivity contribution in [2.75, 3.05) is 13.3 Å². The van der Waals surface area contributed by atoms with Crippen LogP contribution in [0.1, 0.15) is 6.92 Å². The average molecular weight is 404 g/mol. The number of halogens is 1. The summed E-state index contributed by atoms with van der Waals surface area (Å²) in [5, 5.41) is -1.65. The molecular formula is C7H11BClO3PW. The fourth-order valence-corrected chi connectivity index (χ4v) is 4.86. The summed E-state index contributed by atoms with van der Waals surface area (Å²) in [6, 6.07) is -0.476. The van der Waals surface area contributed by atoms with Crippen molar-refractivity contribution >= 4 is 24.8 Å². The second-order valence-electron chi connectivity index (χ2n) is 3.84. The van der Waals surface area contributed by atoms with E-state index in [-0.39, 0.29) is 12.2 Å². The van der Waals surface area contributed by atoms with Gasteiger partial charge < -0.3 is 0 Å². The molecule has 0 saturated carbocycles. The Bertz CT molecular complexity index is 301. The van der Waals surface area contributed by atoms with E-state index < -0.39 is 16.2 Å². The summed E-state index contributed by atoms with van der Waals surface area (Å²) < 4.78 is 17.0. The molecule has 2 aliphatic rings. The van der Waals surface area contributed by atoms with Crippen LogP contribution in [0.15, 0.2) is 0 Å². The molecule has 14 heavy (non-hydrogen) atoms. The van der Waals surface area contributed by atoms with E-state index in [4.69, 9.17) is 33.2 Å². The molecule has 0 aromatic carbocycles. The van der Waals surface area contributed by atoms with Crippen LogP contribution in [-0.4, -0.2) is 44.2 Å². The summed E-state index contributed by atoms with van der Waals surface area (Å²) in [6.07, 6.45) is -0.247. The van der Waals surface area contributed by atoms with Crippen LogP contribution in [0.5, 0.6) is 0 Å². The third-order valence-corrected chi connectivity index (χ3v) is 6.27. The molecule has 0 spiro atoms. The first-order valence-electron chi connectivity index (χ1n) is 4.33. The van der Waals surface area contributed by atoms with Crippen LogP contribution in [-0.2, 0) is 32.6 Å². The van der Waals surface area contributed by atoms with Crippen molar-refractivity contribution in [2.45, 2.75) is 30.0 Å². The number of rotatable bonds is 0. The van der Waals surface area contributed by atoms with E-state index in [1.54, 1.807) is 0 Å². The van der Waals surface area contributed by atoms with E-state index in [0.29, 0.717) is 6.61 Å². The van der Waals surface area contributed by atoms with Crippen molar-refractivity contribution in [3.63, 3.8) is 0 Å². The Kier molecular flexibility index (Phi) is 3.11. The average Bonchev–Trinajstić information content (AvgIpc) is 2.26. The van der Waals surface area contributed by atoms with Gasteiger partial charge in [-0.05, 0) is 0 Å². The van der Waals surface area contributed by atoms with Gasteiger partial charge in [0, 0.05) is 0 Å². The molecule has 0 aromatic rings. The number of ether oxygens (including phenoxy) is 1. The van der Waals surface area contributed by atoms with Gasteiger partial charge in [0.15, 0.2) is 0 Å². The van der Waals surface area contributed by atoms with Crippen LogP contribution in [0.3, 0.4) is 0 Å². The van der Waals surface area contributed by atoms with Crippen molar-refractivity contribution in [2.24, 2.45) is 0 Å². The molecule has 2 saturated heterocycles. The second-order valence-corrected chi connectivity index (χ2v) is 13.8. The topological polar surface area (TPSA) is 27.7 Å². The van der Waals surface area contributed by atoms with Crippen molar-refractivity contribution < 1.29 is 32.6 Å². The van der Waals surface area contributed by atoms with Crippen LogP contribution >= 0.6 is 17.0 Å². The third kappa shape index (κ3) is 1.95. The van der Waals surface area contributed by atoms with Crippen molar-refractivity contribution in [1.29, 1.82) is 0 Å². The van der Waals surface area contributed by atoms with Crippen LogP contribution in [0.25, 0.3) is 0 Å². The third-order valence-electron chi connectivity index (χ3n) is 2.55. The van der Waals surface area contributed by atoms with Gasteiger partial charge in [0.25, 0.3) is 0 Å². The number of hydrogen-bond donors (Lipinski definition) is 0. The molecule has 0 unspecified atom stereocenters. The molecule has 2 heterocycles. The zero-order chi connectivity index (χ0) is 10.6. The Hall–Kier alpha value is 1.35. The van der Waals surface area contributed by atoms with Gasteiger partial charge in [-0.3, -0.25) is 0 Å². The molecule has 0 amide bonds. The molecule has 5 atom stereocenters. The van der Waals surface area contributed by atoms with Gasteiger partial charge in [0.2, 0.25) is 0 Å². The van der Waals surface area contributed by atoms with E-state index in [1.165, 1.54) is 18.8 Å². The maximum atomic E-state index is 6.32. The van der Waals surface area contributed by atoms with Gasteiger partial charge in [-0.15, -0.1) is 0 Å². The van der Waals surface area contributed by atoms with Crippen LogP contribution in [0.4, 0.5) is 0 Å². The quantitative estimate of drug-likeness (QED) is 0.346. The molecule has 2 fully saturated rings. The minimum atomic E-state index is -1.65. The second kappa shape index (κ2) is 3.69. The Labute approximate surface area is 100 Å². The zero-order valence-electron chi connectivity index (χ0n) is 7.97. The van der Waals surface area contributed by atoms with E-state index in [2.05, 4.69) is 0 Å². The first kappa shape index (κ1) is 11.8. The van der Waals surface area contributed by atoms with Gasteiger partial charge in [0.1, 0.15) is 0 Å². The molecule has 78 valence electrons. The van der Waals surface area contributed by atoms with Gasteiger partial charge in [-0.1, -0.05) is 0 Å². The predicted octanol–water partition coefficient (Wildman–Crippen LogP) is 1.23. The van der Waals surface area contributed by atoms with E-state index in [1.807, 2.05) is 13.6 Å². The molecule has 0 N–H and O–H groups in total. The summed E-state index contributed by atoms with van der Waals surface area (Å²) in [5.74, 6) is 0. The first-order chi connectivity index (χ1) is 6.33. The monoisotopic (exact) mass is 404 g/mol. The standard InChI is InChI=1S/C7H11BClO3P.W/c1-7(9)5-4(11-6(7)8)3-10-13(2)12-5;/h4-6H,3H2,1-2H3;/t4-,5-,6-,7-,13+;/m1./s1. The molecule has 2 aliphatic heterocycles. The van der Waals surface area contributed by atoms with Crippen LogP contribution in [0, 0.1) is 0 Å². The number of alkyl halides is 1. The van der Waals surface area contributed by atoms with E-state index >= 15 is 0 Å². The number of hydrogen-bond acceptors (Lipinski definition) is 3. The van der Waals surface area contributed by atoms with Crippen LogP contribution in [0.2, 0.25) is 0 Å². The van der Waals surface area contributed by atoms with Gasteiger partial charge in [-0.2, -0.15) is 0 Å². The molecule has 0 bridgehead atoms. The van der Waals surface area contributed by atoms with Gasteiger partial charge >= 0.3 is 101 Å². The molecule has 2 rings (SSSR count). The fourth-order valence-electron chi connectivity index (χ4n) is 1.66. The minimum absolute atomic E-state index is 0.111.